The van der Waals surface area contributed by atoms with Crippen molar-refractivity contribution in [1.29, 1.82) is 0 Å². The van der Waals surface area contributed by atoms with Crippen LogP contribution in [0.1, 0.15) is 5.56 Å². The third kappa shape index (κ3) is 4.84. The number of methoxy groups -OCH3 is 1. The number of amides is 1. The molecule has 1 fully saturated rings. The van der Waals surface area contributed by atoms with Crippen LogP contribution in [0.5, 0.6) is 11.5 Å². The van der Waals surface area contributed by atoms with E-state index in [1.165, 1.54) is 12.1 Å². The Morgan fingerprint density at radius 1 is 1.17 bits per heavy atom. The number of halogens is 1. The van der Waals surface area contributed by atoms with Crippen molar-refractivity contribution in [3.8, 4) is 11.5 Å². The van der Waals surface area contributed by atoms with Crippen LogP contribution in [0.15, 0.2) is 42.5 Å². The van der Waals surface area contributed by atoms with Gasteiger partial charge < -0.3 is 19.7 Å². The lowest BCUT2D eigenvalue weighted by molar-refractivity contribution is -0.126. The van der Waals surface area contributed by atoms with Crippen LogP contribution in [0.25, 0.3) is 0 Å². The van der Waals surface area contributed by atoms with E-state index in [-0.39, 0.29) is 17.6 Å². The first-order valence-electron chi connectivity index (χ1n) is 10.4. The summed E-state index contributed by atoms with van der Waals surface area (Å²) in [7, 11) is 1.63. The van der Waals surface area contributed by atoms with E-state index in [0.717, 1.165) is 55.5 Å². The van der Waals surface area contributed by atoms with Gasteiger partial charge in [-0.25, -0.2) is 4.39 Å². The summed E-state index contributed by atoms with van der Waals surface area (Å²) in [5.74, 6) is 1.25. The fourth-order valence-corrected chi connectivity index (χ4v) is 4.03. The highest BCUT2D eigenvalue weighted by Crippen LogP contribution is 2.30. The minimum Gasteiger partial charge on any atom is -0.497 e. The number of hydrogen-bond donors (Lipinski definition) is 1. The molecule has 2 aromatic carbocycles. The maximum Gasteiger partial charge on any atom is 0.226 e. The zero-order valence-electron chi connectivity index (χ0n) is 17.3. The topological polar surface area (TPSA) is 54.0 Å². The van der Waals surface area contributed by atoms with Gasteiger partial charge >= 0.3 is 0 Å². The summed E-state index contributed by atoms with van der Waals surface area (Å²) in [5.41, 5.74) is 2.07. The molecule has 1 atom stereocenters. The lowest BCUT2D eigenvalue weighted by Crippen LogP contribution is -2.49. The van der Waals surface area contributed by atoms with E-state index in [2.05, 4.69) is 15.1 Å². The Bertz CT molecular complexity index is 866. The molecule has 0 radical (unpaired) electrons. The van der Waals surface area contributed by atoms with E-state index in [1.807, 2.05) is 30.3 Å². The first-order valence-corrected chi connectivity index (χ1v) is 10.4. The van der Waals surface area contributed by atoms with Crippen molar-refractivity contribution in [3.63, 3.8) is 0 Å². The average Bonchev–Trinajstić information content (AvgIpc) is 2.79. The zero-order chi connectivity index (χ0) is 20.9. The second kappa shape index (κ2) is 9.34. The molecule has 2 aromatic rings. The molecule has 1 saturated heterocycles. The number of nitrogens with one attached hydrogen (secondary N) is 1. The number of rotatable bonds is 6. The Labute approximate surface area is 176 Å². The summed E-state index contributed by atoms with van der Waals surface area (Å²) >= 11 is 0. The summed E-state index contributed by atoms with van der Waals surface area (Å²) in [6.07, 6.45) is 0.661. The summed E-state index contributed by atoms with van der Waals surface area (Å²) in [6.45, 7) is 5.49. The summed E-state index contributed by atoms with van der Waals surface area (Å²) in [5, 5.41) is 3.06. The molecule has 7 heteroatoms. The van der Waals surface area contributed by atoms with Gasteiger partial charge in [-0.3, -0.25) is 9.69 Å². The molecule has 0 spiro atoms. The Balaban J connectivity index is 1.19. The highest BCUT2D eigenvalue weighted by molar-refractivity contribution is 5.79. The van der Waals surface area contributed by atoms with Gasteiger partial charge in [0.15, 0.2) is 0 Å². The predicted octanol–water partition coefficient (Wildman–Crippen LogP) is 2.32. The maximum absolute atomic E-state index is 13.1. The van der Waals surface area contributed by atoms with Gasteiger partial charge in [-0.15, -0.1) is 0 Å². The third-order valence-electron chi connectivity index (χ3n) is 5.84. The maximum atomic E-state index is 13.1. The number of nitrogens with zero attached hydrogens (tertiary/aromatic N) is 2. The van der Waals surface area contributed by atoms with Gasteiger partial charge in [0.05, 0.1) is 13.0 Å². The standard InChI is InChI=1S/C23H28FN3O3/c1-29-21-6-7-22-17(15-21)14-18(16-30-22)23(28)25-8-9-26-10-12-27(13-11-26)20-4-2-19(24)3-5-20/h2-7,15,18H,8-14,16H2,1H3,(H,25,28). The number of anilines is 1. The lowest BCUT2D eigenvalue weighted by atomic mass is 9.96. The second-order valence-electron chi connectivity index (χ2n) is 7.78. The molecule has 0 bridgehead atoms. The van der Waals surface area contributed by atoms with Crippen molar-refractivity contribution in [1.82, 2.24) is 10.2 Å². The molecule has 1 unspecified atom stereocenters. The largest absolute Gasteiger partial charge is 0.497 e. The molecule has 2 aliphatic heterocycles. The highest BCUT2D eigenvalue weighted by atomic mass is 19.1. The number of benzene rings is 2. The van der Waals surface area contributed by atoms with Crippen LogP contribution >= 0.6 is 0 Å². The molecule has 2 aliphatic rings. The summed E-state index contributed by atoms with van der Waals surface area (Å²) in [6, 6.07) is 12.4. The van der Waals surface area contributed by atoms with E-state index in [1.54, 1.807) is 7.11 Å². The SMILES string of the molecule is COc1ccc2c(c1)CC(C(=O)NCCN1CCN(c3ccc(F)cc3)CC1)CO2. The molecular formula is C23H28FN3O3. The van der Waals surface area contributed by atoms with E-state index in [0.29, 0.717) is 19.6 Å². The van der Waals surface area contributed by atoms with Crippen LogP contribution in [-0.2, 0) is 11.2 Å². The fourth-order valence-electron chi connectivity index (χ4n) is 4.03. The molecule has 4 rings (SSSR count). The minimum atomic E-state index is -0.209. The molecule has 1 amide bonds. The third-order valence-corrected chi connectivity index (χ3v) is 5.84. The highest BCUT2D eigenvalue weighted by Gasteiger charge is 2.26. The van der Waals surface area contributed by atoms with Gasteiger partial charge in [-0.1, -0.05) is 0 Å². The number of fused-ring (bicyclic) bond motifs is 1. The zero-order valence-corrected chi connectivity index (χ0v) is 17.3. The van der Waals surface area contributed by atoms with E-state index >= 15 is 0 Å². The molecule has 6 nitrogen and oxygen atoms in total. The molecule has 0 saturated carbocycles. The van der Waals surface area contributed by atoms with Gasteiger partial charge in [-0.2, -0.15) is 0 Å². The van der Waals surface area contributed by atoms with E-state index < -0.39 is 0 Å². The van der Waals surface area contributed by atoms with E-state index in [4.69, 9.17) is 9.47 Å². The minimum absolute atomic E-state index is 0.0356. The van der Waals surface area contributed by atoms with Gasteiger partial charge in [-0.05, 0) is 54.4 Å². The predicted molar refractivity (Wildman–Crippen MR) is 114 cm³/mol. The molecule has 0 aromatic heterocycles. The Morgan fingerprint density at radius 2 is 1.93 bits per heavy atom. The molecule has 160 valence electrons. The molecule has 2 heterocycles. The van der Waals surface area contributed by atoms with Crippen molar-refractivity contribution in [2.75, 3.05) is 57.9 Å². The van der Waals surface area contributed by atoms with Crippen molar-refractivity contribution in [3.05, 3.63) is 53.8 Å². The van der Waals surface area contributed by atoms with E-state index in [9.17, 15) is 9.18 Å². The molecule has 1 N–H and O–H groups in total. The lowest BCUT2D eigenvalue weighted by Gasteiger charge is -2.36. The fraction of sp³-hybridized carbons (Fsp3) is 0.435. The second-order valence-corrected chi connectivity index (χ2v) is 7.78. The monoisotopic (exact) mass is 413 g/mol. The Hall–Kier alpha value is -2.80. The number of carbonyl (C=O) groups excluding carboxylic acids is 1. The average molecular weight is 413 g/mol. The normalized spacial score (nSPS) is 19.0. The number of piperazine rings is 1. The van der Waals surface area contributed by atoms with Crippen molar-refractivity contribution >= 4 is 11.6 Å². The Morgan fingerprint density at radius 3 is 2.67 bits per heavy atom. The van der Waals surface area contributed by atoms with Gasteiger partial charge in [0.1, 0.15) is 23.9 Å². The number of carbonyl (C=O) groups is 1. The smallest absolute Gasteiger partial charge is 0.226 e. The summed E-state index contributed by atoms with van der Waals surface area (Å²) in [4.78, 5) is 17.2. The first-order chi connectivity index (χ1) is 14.6. The van der Waals surface area contributed by atoms with Crippen molar-refractivity contribution in [2.45, 2.75) is 6.42 Å². The van der Waals surface area contributed by atoms with Crippen LogP contribution in [0.4, 0.5) is 10.1 Å². The first kappa shape index (κ1) is 20.5. The molecule has 30 heavy (non-hydrogen) atoms. The van der Waals surface area contributed by atoms with Crippen LogP contribution in [0.2, 0.25) is 0 Å². The summed E-state index contributed by atoms with van der Waals surface area (Å²) < 4.78 is 24.1. The Kier molecular flexibility index (Phi) is 6.38. The van der Waals surface area contributed by atoms with Crippen LogP contribution in [0, 0.1) is 11.7 Å². The molecule has 0 aliphatic carbocycles. The quantitative estimate of drug-likeness (QED) is 0.788. The van der Waals surface area contributed by atoms with Crippen LogP contribution in [0.3, 0.4) is 0 Å². The van der Waals surface area contributed by atoms with Gasteiger partial charge in [0.2, 0.25) is 5.91 Å². The van der Waals surface area contributed by atoms with Crippen molar-refractivity contribution < 1.29 is 18.7 Å². The van der Waals surface area contributed by atoms with Crippen LogP contribution < -0.4 is 19.7 Å². The molecular weight excluding hydrogens is 385 g/mol. The van der Waals surface area contributed by atoms with Gasteiger partial charge in [0.25, 0.3) is 0 Å². The number of hydrogen-bond acceptors (Lipinski definition) is 5. The van der Waals surface area contributed by atoms with Crippen LogP contribution in [-0.4, -0.2) is 63.8 Å². The van der Waals surface area contributed by atoms with Crippen molar-refractivity contribution in [2.24, 2.45) is 5.92 Å². The number of ether oxygens (including phenoxy) is 2. The van der Waals surface area contributed by atoms with Gasteiger partial charge in [0, 0.05) is 45.0 Å².